The van der Waals surface area contributed by atoms with Crippen molar-refractivity contribution in [2.45, 2.75) is 55.9 Å². The molecule has 0 radical (unpaired) electrons. The van der Waals surface area contributed by atoms with E-state index in [4.69, 9.17) is 4.74 Å². The standard InChI is InChI=1S/C19H27NO6S/c1-27(24,25)15-11-9-14(10-12-15)26-13-5-8-18(21)20-17-7-4-2-3-6-16(17)19(22)23/h9-12,16-17H,2-8,13H2,1H3,(H,20,21)(H,22,23)/t16-,17+/m1/s1. The van der Waals surface area contributed by atoms with Crippen LogP contribution < -0.4 is 10.1 Å². The molecular weight excluding hydrogens is 370 g/mol. The van der Waals surface area contributed by atoms with Gasteiger partial charge in [0.25, 0.3) is 0 Å². The minimum Gasteiger partial charge on any atom is -0.494 e. The summed E-state index contributed by atoms with van der Waals surface area (Å²) >= 11 is 0. The summed E-state index contributed by atoms with van der Waals surface area (Å²) in [5.41, 5.74) is 0. The van der Waals surface area contributed by atoms with E-state index in [1.807, 2.05) is 0 Å². The number of hydrogen-bond acceptors (Lipinski definition) is 5. The highest BCUT2D eigenvalue weighted by Gasteiger charge is 2.30. The number of benzene rings is 1. The van der Waals surface area contributed by atoms with Crippen LogP contribution in [0.1, 0.15) is 44.9 Å². The van der Waals surface area contributed by atoms with Crippen molar-refractivity contribution in [2.24, 2.45) is 5.92 Å². The quantitative estimate of drug-likeness (QED) is 0.515. The molecule has 2 N–H and O–H groups in total. The molecule has 150 valence electrons. The monoisotopic (exact) mass is 397 g/mol. The summed E-state index contributed by atoms with van der Waals surface area (Å²) in [7, 11) is -3.23. The predicted octanol–water partition coefficient (Wildman–Crippen LogP) is 2.40. The van der Waals surface area contributed by atoms with Crippen LogP contribution in [0.5, 0.6) is 5.75 Å². The SMILES string of the molecule is CS(=O)(=O)c1ccc(OCCCC(=O)N[C@H]2CCCCC[C@H]2C(=O)O)cc1. The molecule has 1 fully saturated rings. The molecule has 0 aliphatic heterocycles. The molecule has 1 aromatic carbocycles. The molecule has 2 rings (SSSR count). The van der Waals surface area contributed by atoms with Gasteiger partial charge in [-0.3, -0.25) is 9.59 Å². The minimum absolute atomic E-state index is 0.163. The van der Waals surface area contributed by atoms with E-state index in [0.717, 1.165) is 25.5 Å². The first-order chi connectivity index (χ1) is 12.8. The number of hydrogen-bond donors (Lipinski definition) is 2. The zero-order valence-electron chi connectivity index (χ0n) is 15.5. The summed E-state index contributed by atoms with van der Waals surface area (Å²) in [5, 5.41) is 12.2. The molecule has 7 nitrogen and oxygen atoms in total. The van der Waals surface area contributed by atoms with Gasteiger partial charge in [-0.25, -0.2) is 8.42 Å². The van der Waals surface area contributed by atoms with Crippen molar-refractivity contribution in [1.82, 2.24) is 5.32 Å². The summed E-state index contributed by atoms with van der Waals surface area (Å²) in [6, 6.07) is 5.83. The van der Waals surface area contributed by atoms with Gasteiger partial charge in [-0.2, -0.15) is 0 Å². The highest BCUT2D eigenvalue weighted by atomic mass is 32.2. The van der Waals surface area contributed by atoms with E-state index in [1.54, 1.807) is 12.1 Å². The molecule has 1 saturated carbocycles. The summed E-state index contributed by atoms with van der Waals surface area (Å²) in [5.74, 6) is -0.981. The molecule has 0 saturated heterocycles. The predicted molar refractivity (Wildman–Crippen MR) is 100 cm³/mol. The topological polar surface area (TPSA) is 110 Å². The maximum Gasteiger partial charge on any atom is 0.308 e. The number of sulfone groups is 1. The second-order valence-corrected chi connectivity index (χ2v) is 8.97. The van der Waals surface area contributed by atoms with Crippen LogP contribution >= 0.6 is 0 Å². The maximum absolute atomic E-state index is 12.1. The molecule has 0 spiro atoms. The van der Waals surface area contributed by atoms with Gasteiger partial charge in [0, 0.05) is 18.7 Å². The second kappa shape index (κ2) is 9.73. The van der Waals surface area contributed by atoms with Crippen molar-refractivity contribution in [3.63, 3.8) is 0 Å². The first-order valence-corrected chi connectivity index (χ1v) is 11.1. The summed E-state index contributed by atoms with van der Waals surface area (Å²) in [6.45, 7) is 0.318. The first-order valence-electron chi connectivity index (χ1n) is 9.22. The van der Waals surface area contributed by atoms with Crippen LogP contribution in [0.3, 0.4) is 0 Å². The van der Waals surface area contributed by atoms with E-state index in [0.29, 0.717) is 31.6 Å². The van der Waals surface area contributed by atoms with Gasteiger partial charge in [-0.05, 0) is 43.5 Å². The zero-order valence-corrected chi connectivity index (χ0v) is 16.3. The molecule has 8 heteroatoms. The van der Waals surface area contributed by atoms with Crippen LogP contribution in [-0.2, 0) is 19.4 Å². The van der Waals surface area contributed by atoms with Gasteiger partial charge in [-0.15, -0.1) is 0 Å². The van der Waals surface area contributed by atoms with Gasteiger partial charge < -0.3 is 15.2 Å². The van der Waals surface area contributed by atoms with Gasteiger partial charge in [0.15, 0.2) is 9.84 Å². The van der Waals surface area contributed by atoms with E-state index in [1.165, 1.54) is 12.1 Å². The lowest BCUT2D eigenvalue weighted by Crippen LogP contribution is -2.42. The lowest BCUT2D eigenvalue weighted by Gasteiger charge is -2.22. The molecule has 0 aromatic heterocycles. The van der Waals surface area contributed by atoms with E-state index in [9.17, 15) is 23.1 Å². The fourth-order valence-electron chi connectivity index (χ4n) is 3.26. The summed E-state index contributed by atoms with van der Waals surface area (Å²) < 4.78 is 28.3. The molecule has 2 atom stereocenters. The number of carbonyl (C=O) groups excluding carboxylic acids is 1. The molecule has 1 aliphatic carbocycles. The lowest BCUT2D eigenvalue weighted by atomic mass is 9.94. The third kappa shape index (κ3) is 6.86. The first kappa shape index (κ1) is 21.2. The Balaban J connectivity index is 1.74. The van der Waals surface area contributed by atoms with Crippen LogP contribution in [0.15, 0.2) is 29.2 Å². The number of carbonyl (C=O) groups is 2. The largest absolute Gasteiger partial charge is 0.494 e. The van der Waals surface area contributed by atoms with Gasteiger partial charge >= 0.3 is 5.97 Å². The molecule has 0 heterocycles. The number of aliphatic carboxylic acids is 1. The van der Waals surface area contributed by atoms with Gasteiger partial charge in [0.2, 0.25) is 5.91 Å². The summed E-state index contributed by atoms with van der Waals surface area (Å²) in [6.07, 6.45) is 6.01. The van der Waals surface area contributed by atoms with E-state index >= 15 is 0 Å². The van der Waals surface area contributed by atoms with Crippen LogP contribution in [0.4, 0.5) is 0 Å². The molecule has 1 aliphatic rings. The highest BCUT2D eigenvalue weighted by molar-refractivity contribution is 7.90. The summed E-state index contributed by atoms with van der Waals surface area (Å²) in [4.78, 5) is 23.8. The van der Waals surface area contributed by atoms with Crippen LogP contribution in [0.25, 0.3) is 0 Å². The molecule has 27 heavy (non-hydrogen) atoms. The average Bonchev–Trinajstić information content (AvgIpc) is 2.84. The minimum atomic E-state index is -3.23. The lowest BCUT2D eigenvalue weighted by molar-refractivity contribution is -0.143. The van der Waals surface area contributed by atoms with Crippen LogP contribution in [0, 0.1) is 5.92 Å². The molecule has 0 bridgehead atoms. The van der Waals surface area contributed by atoms with Crippen LogP contribution in [0.2, 0.25) is 0 Å². The molecule has 0 unspecified atom stereocenters. The van der Waals surface area contributed by atoms with Crippen LogP contribution in [-0.4, -0.2) is 44.3 Å². The van der Waals surface area contributed by atoms with Crippen molar-refractivity contribution in [3.05, 3.63) is 24.3 Å². The number of amides is 1. The third-order valence-electron chi connectivity index (χ3n) is 4.75. The number of ether oxygens (including phenoxy) is 1. The molecule has 1 amide bonds. The Morgan fingerprint density at radius 3 is 2.44 bits per heavy atom. The van der Waals surface area contributed by atoms with Gasteiger partial charge in [0.1, 0.15) is 5.75 Å². The fraction of sp³-hybridized carbons (Fsp3) is 0.579. The van der Waals surface area contributed by atoms with E-state index < -0.39 is 21.7 Å². The molecule has 1 aromatic rings. The van der Waals surface area contributed by atoms with Crippen molar-refractivity contribution in [2.75, 3.05) is 12.9 Å². The Bertz CT molecular complexity index is 744. The van der Waals surface area contributed by atoms with Crippen molar-refractivity contribution < 1.29 is 27.9 Å². The Morgan fingerprint density at radius 1 is 1.15 bits per heavy atom. The number of nitrogens with one attached hydrogen (secondary N) is 1. The van der Waals surface area contributed by atoms with E-state index in [2.05, 4.69) is 5.32 Å². The Hall–Kier alpha value is -2.09. The maximum atomic E-state index is 12.1. The van der Waals surface area contributed by atoms with E-state index in [-0.39, 0.29) is 23.3 Å². The number of carboxylic acid groups (broad SMARTS) is 1. The Labute approximate surface area is 160 Å². The zero-order chi connectivity index (χ0) is 19.9. The number of carboxylic acids is 1. The van der Waals surface area contributed by atoms with Crippen molar-refractivity contribution in [1.29, 1.82) is 0 Å². The third-order valence-corrected chi connectivity index (χ3v) is 5.88. The number of rotatable bonds is 8. The Morgan fingerprint density at radius 2 is 1.81 bits per heavy atom. The van der Waals surface area contributed by atoms with Crippen molar-refractivity contribution >= 4 is 21.7 Å². The Kier molecular flexibility index (Phi) is 7.65. The van der Waals surface area contributed by atoms with Gasteiger partial charge in [0.05, 0.1) is 17.4 Å². The van der Waals surface area contributed by atoms with Crippen molar-refractivity contribution in [3.8, 4) is 5.75 Å². The highest BCUT2D eigenvalue weighted by Crippen LogP contribution is 2.24. The average molecular weight is 397 g/mol. The molecular formula is C19H27NO6S. The van der Waals surface area contributed by atoms with Gasteiger partial charge in [-0.1, -0.05) is 19.3 Å². The fourth-order valence-corrected chi connectivity index (χ4v) is 3.89. The second-order valence-electron chi connectivity index (χ2n) is 6.95. The normalized spacial score (nSPS) is 20.5. The smallest absolute Gasteiger partial charge is 0.308 e.